The van der Waals surface area contributed by atoms with Crippen LogP contribution in [-0.2, 0) is 0 Å². The second-order valence-electron chi connectivity index (χ2n) is 3.31. The molecule has 0 bridgehead atoms. The number of carbonyl (C=O) groups is 1. The Balaban J connectivity index is 2.22. The first kappa shape index (κ1) is 10.9. The molecule has 0 N–H and O–H groups in total. The fourth-order valence-electron chi connectivity index (χ4n) is 1.28. The monoisotopic (exact) mass is 234 g/mol. The van der Waals surface area contributed by atoms with Crippen LogP contribution < -0.4 is 0 Å². The maximum atomic E-state index is 10.4. The second-order valence-corrected chi connectivity index (χ2v) is 4.28. The lowest BCUT2D eigenvalue weighted by Gasteiger charge is -1.99. The zero-order valence-corrected chi connectivity index (χ0v) is 9.75. The summed E-state index contributed by atoms with van der Waals surface area (Å²) in [6, 6.07) is 5.26. The molecule has 0 aliphatic heterocycles. The van der Waals surface area contributed by atoms with Crippen LogP contribution in [0.1, 0.15) is 21.9 Å². The molecule has 2 aromatic rings. The van der Waals surface area contributed by atoms with Gasteiger partial charge >= 0.3 is 0 Å². The summed E-state index contributed by atoms with van der Waals surface area (Å²) in [6.07, 6.45) is 0.673. The molecular formula is C11H10N2O2S. The van der Waals surface area contributed by atoms with E-state index in [1.807, 2.05) is 19.9 Å². The third kappa shape index (κ3) is 2.49. The topological polar surface area (TPSA) is 56.0 Å². The molecule has 2 aromatic heterocycles. The number of furan rings is 1. The Bertz CT molecular complexity index is 502. The lowest BCUT2D eigenvalue weighted by atomic mass is 10.4. The van der Waals surface area contributed by atoms with Crippen molar-refractivity contribution < 1.29 is 9.21 Å². The predicted octanol–water partition coefficient (Wildman–Crippen LogP) is 2.65. The molecule has 0 aliphatic rings. The van der Waals surface area contributed by atoms with Gasteiger partial charge in [0.1, 0.15) is 0 Å². The average Bonchev–Trinajstić information content (AvgIpc) is 2.64. The fraction of sp³-hybridized carbons (Fsp3) is 0.182. The third-order valence-corrected chi connectivity index (χ3v) is 2.66. The van der Waals surface area contributed by atoms with E-state index >= 15 is 0 Å². The summed E-state index contributed by atoms with van der Waals surface area (Å²) in [6.45, 7) is 3.83. The molecule has 82 valence electrons. The molecule has 0 saturated heterocycles. The maximum Gasteiger partial charge on any atom is 0.195 e. The van der Waals surface area contributed by atoms with E-state index in [1.165, 1.54) is 11.8 Å². The van der Waals surface area contributed by atoms with E-state index in [9.17, 15) is 4.79 Å². The summed E-state index contributed by atoms with van der Waals surface area (Å²) in [5.41, 5.74) is 1.83. The molecule has 0 atom stereocenters. The van der Waals surface area contributed by atoms with Crippen LogP contribution in [0.2, 0.25) is 0 Å². The molecule has 0 spiro atoms. The lowest BCUT2D eigenvalue weighted by molar-refractivity contribution is 0.109. The van der Waals surface area contributed by atoms with Crippen LogP contribution in [0.15, 0.2) is 32.9 Å². The highest BCUT2D eigenvalue weighted by molar-refractivity contribution is 7.99. The summed E-state index contributed by atoms with van der Waals surface area (Å²) in [5, 5.41) is 1.25. The Hall–Kier alpha value is -1.62. The van der Waals surface area contributed by atoms with Crippen LogP contribution in [0.25, 0.3) is 0 Å². The van der Waals surface area contributed by atoms with Gasteiger partial charge in [-0.2, -0.15) is 0 Å². The number of nitrogens with zero attached hydrogens (tertiary/aromatic N) is 2. The lowest BCUT2D eigenvalue weighted by Crippen LogP contribution is -1.91. The van der Waals surface area contributed by atoms with Gasteiger partial charge in [-0.15, -0.1) is 0 Å². The smallest absolute Gasteiger partial charge is 0.195 e. The van der Waals surface area contributed by atoms with E-state index in [0.717, 1.165) is 11.4 Å². The SMILES string of the molecule is Cc1cc(C)nc(Sc2ccc(C=O)o2)n1. The van der Waals surface area contributed by atoms with Crippen molar-refractivity contribution in [2.75, 3.05) is 0 Å². The number of hydrogen-bond acceptors (Lipinski definition) is 5. The number of aldehydes is 1. The highest BCUT2D eigenvalue weighted by atomic mass is 32.2. The zero-order chi connectivity index (χ0) is 11.5. The van der Waals surface area contributed by atoms with E-state index in [0.29, 0.717) is 22.3 Å². The summed E-state index contributed by atoms with van der Waals surface area (Å²) in [7, 11) is 0. The minimum Gasteiger partial charge on any atom is -0.447 e. The van der Waals surface area contributed by atoms with E-state index in [-0.39, 0.29) is 0 Å². The Kier molecular flexibility index (Phi) is 3.05. The normalized spacial score (nSPS) is 10.4. The third-order valence-electron chi connectivity index (χ3n) is 1.87. The molecule has 2 heterocycles. The van der Waals surface area contributed by atoms with Gasteiger partial charge in [0.25, 0.3) is 0 Å². The maximum absolute atomic E-state index is 10.4. The second kappa shape index (κ2) is 4.49. The Morgan fingerprint density at radius 3 is 2.50 bits per heavy atom. The van der Waals surface area contributed by atoms with Gasteiger partial charge in [-0.1, -0.05) is 0 Å². The van der Waals surface area contributed by atoms with E-state index in [2.05, 4.69) is 9.97 Å². The molecule has 0 radical (unpaired) electrons. The van der Waals surface area contributed by atoms with Crippen molar-refractivity contribution in [2.24, 2.45) is 0 Å². The van der Waals surface area contributed by atoms with Gasteiger partial charge in [-0.05, 0) is 43.8 Å². The van der Waals surface area contributed by atoms with Crippen LogP contribution in [0.3, 0.4) is 0 Å². The number of hydrogen-bond donors (Lipinski definition) is 0. The quantitative estimate of drug-likeness (QED) is 0.603. The largest absolute Gasteiger partial charge is 0.447 e. The molecule has 2 rings (SSSR count). The summed E-state index contributed by atoms with van der Waals surface area (Å²) >= 11 is 1.30. The van der Waals surface area contributed by atoms with Gasteiger partial charge < -0.3 is 4.42 Å². The Morgan fingerprint density at radius 2 is 1.94 bits per heavy atom. The van der Waals surface area contributed by atoms with Gasteiger partial charge in [0, 0.05) is 11.4 Å². The minimum absolute atomic E-state index is 0.312. The molecule has 0 amide bonds. The number of carbonyl (C=O) groups excluding carboxylic acids is 1. The van der Waals surface area contributed by atoms with E-state index < -0.39 is 0 Å². The number of aromatic nitrogens is 2. The molecule has 0 saturated carbocycles. The molecule has 16 heavy (non-hydrogen) atoms. The molecule has 0 aromatic carbocycles. The first-order valence-corrected chi connectivity index (χ1v) is 5.54. The summed E-state index contributed by atoms with van der Waals surface area (Å²) in [4.78, 5) is 19.0. The predicted molar refractivity (Wildman–Crippen MR) is 59.7 cm³/mol. The zero-order valence-electron chi connectivity index (χ0n) is 8.93. The van der Waals surface area contributed by atoms with Gasteiger partial charge in [0.2, 0.25) is 0 Å². The van der Waals surface area contributed by atoms with E-state index in [4.69, 9.17) is 4.42 Å². The van der Waals surface area contributed by atoms with Crippen molar-refractivity contribution in [1.29, 1.82) is 0 Å². The standard InChI is InChI=1S/C11H10N2O2S/c1-7-5-8(2)13-11(12-7)16-10-4-3-9(6-14)15-10/h3-6H,1-2H3. The van der Waals surface area contributed by atoms with Gasteiger partial charge in [0.15, 0.2) is 22.3 Å². The first-order valence-electron chi connectivity index (χ1n) is 4.72. The minimum atomic E-state index is 0.312. The molecule has 5 heteroatoms. The number of rotatable bonds is 3. The van der Waals surface area contributed by atoms with Crippen LogP contribution in [-0.4, -0.2) is 16.3 Å². The van der Waals surface area contributed by atoms with Crippen molar-refractivity contribution in [3.8, 4) is 0 Å². The summed E-state index contributed by atoms with van der Waals surface area (Å²) < 4.78 is 5.23. The van der Waals surface area contributed by atoms with Crippen molar-refractivity contribution in [2.45, 2.75) is 24.1 Å². The average molecular weight is 234 g/mol. The molecule has 0 aliphatic carbocycles. The van der Waals surface area contributed by atoms with Crippen LogP contribution in [0.4, 0.5) is 0 Å². The van der Waals surface area contributed by atoms with Crippen molar-refractivity contribution in [1.82, 2.24) is 9.97 Å². The summed E-state index contributed by atoms with van der Waals surface area (Å²) in [5.74, 6) is 0.312. The fourth-order valence-corrected chi connectivity index (χ4v) is 2.11. The van der Waals surface area contributed by atoms with Crippen molar-refractivity contribution >= 4 is 18.0 Å². The van der Waals surface area contributed by atoms with Crippen LogP contribution >= 0.6 is 11.8 Å². The van der Waals surface area contributed by atoms with E-state index in [1.54, 1.807) is 12.1 Å². The highest BCUT2D eigenvalue weighted by Gasteiger charge is 2.06. The molecular weight excluding hydrogens is 224 g/mol. The molecule has 0 fully saturated rings. The van der Waals surface area contributed by atoms with Crippen LogP contribution in [0.5, 0.6) is 0 Å². The van der Waals surface area contributed by atoms with Crippen molar-refractivity contribution in [3.05, 3.63) is 35.3 Å². The number of aryl methyl sites for hydroxylation is 2. The highest BCUT2D eigenvalue weighted by Crippen LogP contribution is 2.26. The van der Waals surface area contributed by atoms with Gasteiger partial charge in [0.05, 0.1) is 0 Å². The Morgan fingerprint density at radius 1 is 1.25 bits per heavy atom. The molecule has 0 unspecified atom stereocenters. The molecule has 4 nitrogen and oxygen atoms in total. The first-order chi connectivity index (χ1) is 7.67. The van der Waals surface area contributed by atoms with Crippen LogP contribution in [0, 0.1) is 13.8 Å². The van der Waals surface area contributed by atoms with Gasteiger partial charge in [-0.3, -0.25) is 4.79 Å². The van der Waals surface area contributed by atoms with Crippen molar-refractivity contribution in [3.63, 3.8) is 0 Å². The van der Waals surface area contributed by atoms with Gasteiger partial charge in [-0.25, -0.2) is 9.97 Å². The Labute approximate surface area is 97.1 Å².